The summed E-state index contributed by atoms with van der Waals surface area (Å²) in [6.45, 7) is 0.317. The van der Waals surface area contributed by atoms with E-state index in [9.17, 15) is 14.4 Å². The topological polar surface area (TPSA) is 66.0 Å². The van der Waals surface area contributed by atoms with Crippen LogP contribution in [-0.4, -0.2) is 5.91 Å². The van der Waals surface area contributed by atoms with Crippen molar-refractivity contribution in [3.63, 3.8) is 0 Å². The van der Waals surface area contributed by atoms with Crippen molar-refractivity contribution in [1.82, 2.24) is 5.32 Å². The molecular formula is C21H15FN2O2. The van der Waals surface area contributed by atoms with Gasteiger partial charge < -0.3 is 9.73 Å². The first-order valence-electron chi connectivity index (χ1n) is 7.96. The molecule has 1 aromatic heterocycles. The Morgan fingerprint density at radius 3 is 2.54 bits per heavy atom. The molecule has 3 aromatic rings. The Morgan fingerprint density at radius 1 is 1.08 bits per heavy atom. The van der Waals surface area contributed by atoms with E-state index in [4.69, 9.17) is 4.42 Å². The molecule has 0 radical (unpaired) electrons. The van der Waals surface area contributed by atoms with E-state index in [-0.39, 0.29) is 5.57 Å². The number of rotatable bonds is 5. The highest BCUT2D eigenvalue weighted by Crippen LogP contribution is 2.25. The van der Waals surface area contributed by atoms with Gasteiger partial charge in [-0.2, -0.15) is 5.26 Å². The van der Waals surface area contributed by atoms with E-state index < -0.39 is 11.7 Å². The van der Waals surface area contributed by atoms with E-state index >= 15 is 0 Å². The number of amides is 1. The molecule has 26 heavy (non-hydrogen) atoms. The lowest BCUT2D eigenvalue weighted by Crippen LogP contribution is -2.23. The van der Waals surface area contributed by atoms with Crippen LogP contribution in [0.4, 0.5) is 4.39 Å². The molecule has 0 aliphatic carbocycles. The van der Waals surface area contributed by atoms with Crippen molar-refractivity contribution < 1.29 is 13.6 Å². The zero-order chi connectivity index (χ0) is 18.4. The van der Waals surface area contributed by atoms with Crippen molar-refractivity contribution in [1.29, 1.82) is 5.26 Å². The number of hydrogen-bond acceptors (Lipinski definition) is 3. The Morgan fingerprint density at radius 2 is 1.81 bits per heavy atom. The average molecular weight is 346 g/mol. The number of hydrogen-bond donors (Lipinski definition) is 1. The van der Waals surface area contributed by atoms with Gasteiger partial charge in [0, 0.05) is 12.6 Å². The van der Waals surface area contributed by atoms with Gasteiger partial charge in [0.25, 0.3) is 5.91 Å². The fourth-order valence-electron chi connectivity index (χ4n) is 2.40. The van der Waals surface area contributed by atoms with Crippen molar-refractivity contribution in [2.45, 2.75) is 6.54 Å². The summed E-state index contributed by atoms with van der Waals surface area (Å²) in [5.74, 6) is -0.273. The van der Waals surface area contributed by atoms with Gasteiger partial charge in [0.15, 0.2) is 0 Å². The first-order chi connectivity index (χ1) is 12.7. The van der Waals surface area contributed by atoms with Crippen molar-refractivity contribution in [2.75, 3.05) is 0 Å². The highest BCUT2D eigenvalue weighted by molar-refractivity contribution is 6.01. The van der Waals surface area contributed by atoms with Gasteiger partial charge in [-0.25, -0.2) is 4.39 Å². The lowest BCUT2D eigenvalue weighted by Gasteiger charge is -2.04. The van der Waals surface area contributed by atoms with E-state index in [1.54, 1.807) is 30.3 Å². The van der Waals surface area contributed by atoms with Crippen LogP contribution in [0.5, 0.6) is 0 Å². The molecule has 2 aromatic carbocycles. The summed E-state index contributed by atoms with van der Waals surface area (Å²) in [6, 6.07) is 20.7. The molecule has 0 aliphatic rings. The van der Waals surface area contributed by atoms with Gasteiger partial charge in [-0.3, -0.25) is 4.79 Å². The van der Waals surface area contributed by atoms with Gasteiger partial charge in [0.05, 0.1) is 5.56 Å². The molecule has 5 heteroatoms. The third kappa shape index (κ3) is 4.05. The molecule has 4 nitrogen and oxygen atoms in total. The molecule has 0 atom stereocenters. The van der Waals surface area contributed by atoms with Crippen LogP contribution in [0.25, 0.3) is 17.4 Å². The van der Waals surface area contributed by atoms with Crippen LogP contribution in [0, 0.1) is 17.1 Å². The molecule has 0 unspecified atom stereocenters. The van der Waals surface area contributed by atoms with Gasteiger partial charge in [0.2, 0.25) is 0 Å². The van der Waals surface area contributed by atoms with Crippen LogP contribution in [-0.2, 0) is 11.3 Å². The van der Waals surface area contributed by atoms with E-state index in [1.807, 2.05) is 36.4 Å². The molecule has 0 spiro atoms. The number of benzene rings is 2. The molecule has 0 fully saturated rings. The first-order valence-corrected chi connectivity index (χ1v) is 7.96. The van der Waals surface area contributed by atoms with Crippen LogP contribution in [0.3, 0.4) is 0 Å². The summed E-state index contributed by atoms with van der Waals surface area (Å²) in [5, 5.41) is 11.9. The summed E-state index contributed by atoms with van der Waals surface area (Å²) < 4.78 is 19.4. The van der Waals surface area contributed by atoms with Gasteiger partial charge in [-0.15, -0.1) is 0 Å². The average Bonchev–Trinajstić information content (AvgIpc) is 3.13. The Hall–Kier alpha value is -3.65. The van der Waals surface area contributed by atoms with Crippen molar-refractivity contribution in [3.05, 3.63) is 89.4 Å². The maximum absolute atomic E-state index is 13.8. The van der Waals surface area contributed by atoms with Crippen LogP contribution in [0.1, 0.15) is 11.3 Å². The number of nitrogens with one attached hydrogen (secondary N) is 1. The van der Waals surface area contributed by atoms with Gasteiger partial charge in [-0.05, 0) is 29.8 Å². The maximum Gasteiger partial charge on any atom is 0.262 e. The molecular weight excluding hydrogens is 331 g/mol. The number of nitrogens with zero attached hydrogens (tertiary/aromatic N) is 1. The number of carbonyl (C=O) groups is 1. The van der Waals surface area contributed by atoms with Crippen molar-refractivity contribution >= 4 is 12.0 Å². The molecule has 128 valence electrons. The predicted molar refractivity (Wildman–Crippen MR) is 96.0 cm³/mol. The van der Waals surface area contributed by atoms with Crippen LogP contribution < -0.4 is 5.32 Å². The second-order valence-corrected chi connectivity index (χ2v) is 5.52. The highest BCUT2D eigenvalue weighted by Gasteiger charge is 2.12. The van der Waals surface area contributed by atoms with E-state index in [1.165, 1.54) is 12.1 Å². The quantitative estimate of drug-likeness (QED) is 0.553. The first kappa shape index (κ1) is 17.2. The van der Waals surface area contributed by atoms with E-state index in [2.05, 4.69) is 5.32 Å². The van der Waals surface area contributed by atoms with E-state index in [0.717, 1.165) is 5.56 Å². The standard InChI is InChI=1S/C21H15FN2O2/c22-19-9-5-4-8-18(19)20-11-10-17(26-20)12-16(13-23)21(25)24-14-15-6-2-1-3-7-15/h1-12H,14H2,(H,24,25)/b16-12-. The number of nitriles is 1. The molecule has 1 amide bonds. The summed E-state index contributed by atoms with van der Waals surface area (Å²) >= 11 is 0. The normalized spacial score (nSPS) is 11.0. The zero-order valence-electron chi connectivity index (χ0n) is 13.8. The van der Waals surface area contributed by atoms with Crippen LogP contribution >= 0.6 is 0 Å². The van der Waals surface area contributed by atoms with Crippen LogP contribution in [0.15, 0.2) is 76.7 Å². The number of furan rings is 1. The van der Waals surface area contributed by atoms with Gasteiger partial charge in [-0.1, -0.05) is 42.5 Å². The summed E-state index contributed by atoms with van der Waals surface area (Å²) in [7, 11) is 0. The zero-order valence-corrected chi connectivity index (χ0v) is 13.8. The Bertz CT molecular complexity index is 985. The van der Waals surface area contributed by atoms with Crippen LogP contribution in [0.2, 0.25) is 0 Å². The number of carbonyl (C=O) groups excluding carboxylic acids is 1. The summed E-state index contributed by atoms with van der Waals surface area (Å²) in [5.41, 5.74) is 1.16. The SMILES string of the molecule is N#C/C(=C/c1ccc(-c2ccccc2F)o1)C(=O)NCc1ccccc1. The summed E-state index contributed by atoms with van der Waals surface area (Å²) in [6.07, 6.45) is 1.34. The predicted octanol–water partition coefficient (Wildman–Crippen LogP) is 4.31. The molecule has 3 rings (SSSR count). The molecule has 1 N–H and O–H groups in total. The summed E-state index contributed by atoms with van der Waals surface area (Å²) in [4.78, 5) is 12.2. The minimum Gasteiger partial charge on any atom is -0.457 e. The monoisotopic (exact) mass is 346 g/mol. The molecule has 0 bridgehead atoms. The lowest BCUT2D eigenvalue weighted by atomic mass is 10.1. The Balaban J connectivity index is 1.74. The molecule has 0 saturated heterocycles. The van der Waals surface area contributed by atoms with Gasteiger partial charge in [0.1, 0.15) is 29.0 Å². The highest BCUT2D eigenvalue weighted by atomic mass is 19.1. The largest absolute Gasteiger partial charge is 0.457 e. The molecule has 0 aliphatic heterocycles. The molecule has 1 heterocycles. The van der Waals surface area contributed by atoms with Crippen molar-refractivity contribution in [2.24, 2.45) is 0 Å². The fourth-order valence-corrected chi connectivity index (χ4v) is 2.40. The van der Waals surface area contributed by atoms with Gasteiger partial charge >= 0.3 is 0 Å². The molecule has 0 saturated carbocycles. The minimum absolute atomic E-state index is 0.0876. The van der Waals surface area contributed by atoms with Crippen molar-refractivity contribution in [3.8, 4) is 17.4 Å². The fraction of sp³-hybridized carbons (Fsp3) is 0.0476. The second-order valence-electron chi connectivity index (χ2n) is 5.52. The lowest BCUT2D eigenvalue weighted by molar-refractivity contribution is -0.117. The third-order valence-corrected chi connectivity index (χ3v) is 3.71. The minimum atomic E-state index is -0.500. The van der Waals surface area contributed by atoms with E-state index in [0.29, 0.717) is 23.6 Å². The third-order valence-electron chi connectivity index (χ3n) is 3.71. The second kappa shape index (κ2) is 7.95. The smallest absolute Gasteiger partial charge is 0.262 e. The maximum atomic E-state index is 13.8. The Kier molecular flexibility index (Phi) is 5.25. The Labute approximate surface area is 150 Å². The number of halogens is 1.